The molecule has 124 valence electrons. The second kappa shape index (κ2) is 6.03. The van der Waals surface area contributed by atoms with Gasteiger partial charge in [-0.1, -0.05) is 22.8 Å². The summed E-state index contributed by atoms with van der Waals surface area (Å²) in [7, 11) is 0. The van der Waals surface area contributed by atoms with Crippen LogP contribution in [0.4, 0.5) is 4.39 Å². The van der Waals surface area contributed by atoms with Crippen molar-refractivity contribution in [3.8, 4) is 11.6 Å². The van der Waals surface area contributed by atoms with E-state index in [2.05, 4.69) is 33.0 Å². The van der Waals surface area contributed by atoms with Crippen LogP contribution in [0, 0.1) is 5.82 Å². The molecule has 1 aromatic carbocycles. The van der Waals surface area contributed by atoms with E-state index >= 15 is 0 Å². The predicted molar refractivity (Wildman–Crippen MR) is 88.4 cm³/mol. The molecule has 1 aliphatic heterocycles. The highest BCUT2D eigenvalue weighted by molar-refractivity contribution is 6.31. The van der Waals surface area contributed by atoms with Crippen LogP contribution in [0.25, 0.3) is 11.6 Å². The molecule has 0 fully saturated rings. The summed E-state index contributed by atoms with van der Waals surface area (Å²) < 4.78 is 21.5. The van der Waals surface area contributed by atoms with Crippen molar-refractivity contribution in [1.29, 1.82) is 0 Å². The van der Waals surface area contributed by atoms with Crippen molar-refractivity contribution in [3.05, 3.63) is 58.3 Å². The minimum absolute atomic E-state index is 0.195. The molecule has 1 unspecified atom stereocenters. The minimum atomic E-state index is -0.367. The topological polar surface area (TPSA) is 55.9 Å². The summed E-state index contributed by atoms with van der Waals surface area (Å²) in [5.74, 6) is 0.487. The second-order valence-electron chi connectivity index (χ2n) is 5.86. The molecule has 0 saturated carbocycles. The first-order valence-electron chi connectivity index (χ1n) is 7.82. The van der Waals surface area contributed by atoms with E-state index in [0.29, 0.717) is 22.3 Å². The zero-order valence-corrected chi connectivity index (χ0v) is 13.8. The SMILES string of the molecule is CC1NCCn2c(-c3nc(Cc4c(F)cccc4Cl)no3)ccc21. The fraction of sp³-hybridized carbons (Fsp3) is 0.294. The molecule has 2 aromatic heterocycles. The van der Waals surface area contributed by atoms with Crippen molar-refractivity contribution >= 4 is 11.6 Å². The van der Waals surface area contributed by atoms with Gasteiger partial charge in [0, 0.05) is 41.8 Å². The van der Waals surface area contributed by atoms with Gasteiger partial charge < -0.3 is 14.4 Å². The number of rotatable bonds is 3. The Labute approximate surface area is 143 Å². The van der Waals surface area contributed by atoms with E-state index in [-0.39, 0.29) is 18.3 Å². The summed E-state index contributed by atoms with van der Waals surface area (Å²) in [4.78, 5) is 4.42. The van der Waals surface area contributed by atoms with Crippen LogP contribution in [-0.4, -0.2) is 21.3 Å². The first-order valence-corrected chi connectivity index (χ1v) is 8.20. The number of halogens is 2. The maximum absolute atomic E-state index is 13.9. The summed E-state index contributed by atoms with van der Waals surface area (Å²) in [5, 5.41) is 7.75. The van der Waals surface area contributed by atoms with Crippen LogP contribution < -0.4 is 5.32 Å². The van der Waals surface area contributed by atoms with Crippen molar-refractivity contribution < 1.29 is 8.91 Å². The third-order valence-corrected chi connectivity index (χ3v) is 4.68. The van der Waals surface area contributed by atoms with E-state index in [9.17, 15) is 4.39 Å². The van der Waals surface area contributed by atoms with Crippen LogP contribution in [0.15, 0.2) is 34.9 Å². The van der Waals surface area contributed by atoms with E-state index in [0.717, 1.165) is 18.8 Å². The van der Waals surface area contributed by atoms with Crippen LogP contribution in [0.2, 0.25) is 5.02 Å². The van der Waals surface area contributed by atoms with Crippen LogP contribution in [0.1, 0.15) is 30.0 Å². The molecule has 24 heavy (non-hydrogen) atoms. The molecule has 0 saturated heterocycles. The van der Waals surface area contributed by atoms with Crippen molar-refractivity contribution in [2.75, 3.05) is 6.54 Å². The zero-order chi connectivity index (χ0) is 16.7. The summed E-state index contributed by atoms with van der Waals surface area (Å²) in [6, 6.07) is 8.92. The average Bonchev–Trinajstić information content (AvgIpc) is 3.18. The lowest BCUT2D eigenvalue weighted by molar-refractivity contribution is 0.412. The monoisotopic (exact) mass is 346 g/mol. The molecule has 0 bridgehead atoms. The Morgan fingerprint density at radius 3 is 3.08 bits per heavy atom. The van der Waals surface area contributed by atoms with Gasteiger partial charge in [0.15, 0.2) is 5.82 Å². The Balaban J connectivity index is 1.64. The molecule has 0 spiro atoms. The van der Waals surface area contributed by atoms with Gasteiger partial charge in [-0.2, -0.15) is 4.98 Å². The lowest BCUT2D eigenvalue weighted by atomic mass is 10.1. The second-order valence-corrected chi connectivity index (χ2v) is 6.27. The molecule has 0 aliphatic carbocycles. The normalized spacial score (nSPS) is 17.0. The maximum Gasteiger partial charge on any atom is 0.274 e. The fourth-order valence-electron chi connectivity index (χ4n) is 3.08. The number of hydrogen-bond donors (Lipinski definition) is 1. The molecule has 4 rings (SSSR count). The zero-order valence-electron chi connectivity index (χ0n) is 13.1. The quantitative estimate of drug-likeness (QED) is 0.787. The summed E-state index contributed by atoms with van der Waals surface area (Å²) in [6.07, 6.45) is 0.195. The van der Waals surface area contributed by atoms with E-state index in [4.69, 9.17) is 16.1 Å². The molecule has 1 aliphatic rings. The highest BCUT2D eigenvalue weighted by atomic mass is 35.5. The molecular weight excluding hydrogens is 331 g/mol. The number of nitrogens with one attached hydrogen (secondary N) is 1. The number of fused-ring (bicyclic) bond motifs is 1. The fourth-order valence-corrected chi connectivity index (χ4v) is 3.31. The van der Waals surface area contributed by atoms with Crippen LogP contribution in [-0.2, 0) is 13.0 Å². The van der Waals surface area contributed by atoms with Gasteiger partial charge in [-0.05, 0) is 31.2 Å². The Morgan fingerprint density at radius 2 is 2.25 bits per heavy atom. The Hall–Kier alpha value is -2.18. The van der Waals surface area contributed by atoms with Gasteiger partial charge in [0.25, 0.3) is 5.89 Å². The first-order chi connectivity index (χ1) is 11.6. The van der Waals surface area contributed by atoms with Crippen LogP contribution in [0.3, 0.4) is 0 Å². The summed E-state index contributed by atoms with van der Waals surface area (Å²) in [6.45, 7) is 3.86. The van der Waals surface area contributed by atoms with Gasteiger partial charge in [0.2, 0.25) is 0 Å². The summed E-state index contributed by atoms with van der Waals surface area (Å²) >= 11 is 6.06. The number of benzene rings is 1. The van der Waals surface area contributed by atoms with Gasteiger partial charge in [0.05, 0.1) is 0 Å². The third kappa shape index (κ3) is 2.61. The van der Waals surface area contributed by atoms with Crippen molar-refractivity contribution in [2.45, 2.75) is 25.9 Å². The molecule has 1 N–H and O–H groups in total. The largest absolute Gasteiger partial charge is 0.338 e. The maximum atomic E-state index is 13.9. The highest BCUT2D eigenvalue weighted by Crippen LogP contribution is 2.28. The van der Waals surface area contributed by atoms with Crippen molar-refractivity contribution in [3.63, 3.8) is 0 Å². The molecular formula is C17H16ClFN4O. The van der Waals surface area contributed by atoms with Gasteiger partial charge in [-0.25, -0.2) is 4.39 Å². The smallest absolute Gasteiger partial charge is 0.274 e. The molecule has 0 radical (unpaired) electrons. The number of aromatic nitrogens is 3. The molecule has 7 heteroatoms. The van der Waals surface area contributed by atoms with Gasteiger partial charge >= 0.3 is 0 Å². The Kier molecular flexibility index (Phi) is 3.86. The third-order valence-electron chi connectivity index (χ3n) is 4.33. The average molecular weight is 347 g/mol. The van der Waals surface area contributed by atoms with E-state index in [1.54, 1.807) is 12.1 Å². The molecule has 5 nitrogen and oxygen atoms in total. The van der Waals surface area contributed by atoms with Crippen LogP contribution in [0.5, 0.6) is 0 Å². The van der Waals surface area contributed by atoms with E-state index in [1.165, 1.54) is 11.8 Å². The van der Waals surface area contributed by atoms with E-state index in [1.807, 2.05) is 6.07 Å². The van der Waals surface area contributed by atoms with Crippen LogP contribution >= 0.6 is 11.6 Å². The number of hydrogen-bond acceptors (Lipinski definition) is 4. The molecule has 1 atom stereocenters. The lowest BCUT2D eigenvalue weighted by Crippen LogP contribution is -2.31. The van der Waals surface area contributed by atoms with Gasteiger partial charge in [-0.15, -0.1) is 0 Å². The first kappa shape index (κ1) is 15.4. The van der Waals surface area contributed by atoms with Gasteiger partial charge in [-0.3, -0.25) is 0 Å². The molecule has 3 aromatic rings. The Bertz CT molecular complexity index is 868. The molecule has 0 amide bonds. The standard InChI is InChI=1S/C17H16ClFN4O/c1-10-14-5-6-15(23(14)8-7-20-10)17-21-16(22-24-17)9-11-12(18)3-2-4-13(11)19/h2-6,10,20H,7-9H2,1H3. The Morgan fingerprint density at radius 1 is 1.38 bits per heavy atom. The highest BCUT2D eigenvalue weighted by Gasteiger charge is 2.22. The van der Waals surface area contributed by atoms with Crippen molar-refractivity contribution in [2.24, 2.45) is 0 Å². The van der Waals surface area contributed by atoms with Gasteiger partial charge in [0.1, 0.15) is 11.5 Å². The summed E-state index contributed by atoms with van der Waals surface area (Å²) in [5.41, 5.74) is 2.45. The molecule has 3 heterocycles. The minimum Gasteiger partial charge on any atom is -0.338 e. The lowest BCUT2D eigenvalue weighted by Gasteiger charge is -2.24. The number of nitrogens with zero attached hydrogens (tertiary/aromatic N) is 3. The van der Waals surface area contributed by atoms with Crippen molar-refractivity contribution in [1.82, 2.24) is 20.0 Å². The predicted octanol–water partition coefficient (Wildman–Crippen LogP) is 3.59. The van der Waals surface area contributed by atoms with E-state index < -0.39 is 0 Å².